The van der Waals surface area contributed by atoms with E-state index >= 15 is 0 Å². The van der Waals surface area contributed by atoms with Crippen molar-refractivity contribution in [2.24, 2.45) is 0 Å². The van der Waals surface area contributed by atoms with Gasteiger partial charge in [0.1, 0.15) is 12.1 Å². The molecule has 4 heteroatoms. The summed E-state index contributed by atoms with van der Waals surface area (Å²) in [5, 5.41) is 3.47. The molecule has 0 fully saturated rings. The molecule has 0 saturated heterocycles. The molecule has 1 aliphatic carbocycles. The summed E-state index contributed by atoms with van der Waals surface area (Å²) in [7, 11) is 1.70. The molecule has 0 saturated carbocycles. The Morgan fingerprint density at radius 3 is 2.89 bits per heavy atom. The maximum Gasteiger partial charge on any atom is 0.119 e. The third-order valence-electron chi connectivity index (χ3n) is 3.33. The van der Waals surface area contributed by atoms with Crippen molar-refractivity contribution in [3.8, 4) is 5.75 Å². The van der Waals surface area contributed by atoms with Crippen molar-refractivity contribution >= 4 is 5.69 Å². The summed E-state index contributed by atoms with van der Waals surface area (Å²) < 4.78 is 5.29. The summed E-state index contributed by atoms with van der Waals surface area (Å²) in [6, 6.07) is 6.61. The Bertz CT molecular complexity index is 542. The van der Waals surface area contributed by atoms with E-state index in [9.17, 15) is 0 Å². The van der Waals surface area contributed by atoms with E-state index < -0.39 is 0 Å². The summed E-state index contributed by atoms with van der Waals surface area (Å²) in [5.41, 5.74) is 3.67. The lowest BCUT2D eigenvalue weighted by Crippen LogP contribution is -2.07. The second-order valence-corrected chi connectivity index (χ2v) is 4.43. The van der Waals surface area contributed by atoms with Gasteiger partial charge in [-0.2, -0.15) is 0 Å². The molecule has 1 unspecified atom stereocenters. The first-order chi connectivity index (χ1) is 8.86. The molecule has 0 amide bonds. The fourth-order valence-corrected chi connectivity index (χ4v) is 2.43. The molecule has 1 aliphatic rings. The normalized spacial score (nSPS) is 17.3. The molecule has 3 rings (SSSR count). The van der Waals surface area contributed by atoms with Crippen molar-refractivity contribution in [1.82, 2.24) is 9.97 Å². The van der Waals surface area contributed by atoms with Crippen LogP contribution >= 0.6 is 0 Å². The minimum atomic E-state index is 0.320. The van der Waals surface area contributed by atoms with E-state index in [-0.39, 0.29) is 0 Å². The van der Waals surface area contributed by atoms with E-state index in [0.29, 0.717) is 6.04 Å². The lowest BCUT2D eigenvalue weighted by molar-refractivity contribution is 0.414. The van der Waals surface area contributed by atoms with Gasteiger partial charge >= 0.3 is 0 Å². The van der Waals surface area contributed by atoms with Crippen LogP contribution in [0.2, 0.25) is 0 Å². The van der Waals surface area contributed by atoms with Gasteiger partial charge in [0, 0.05) is 0 Å². The van der Waals surface area contributed by atoms with Crippen LogP contribution in [0.3, 0.4) is 0 Å². The van der Waals surface area contributed by atoms with E-state index in [1.807, 2.05) is 6.07 Å². The van der Waals surface area contributed by atoms with Gasteiger partial charge in [0.05, 0.1) is 31.2 Å². The summed E-state index contributed by atoms with van der Waals surface area (Å²) >= 11 is 0. The zero-order valence-corrected chi connectivity index (χ0v) is 10.3. The molecule has 0 bridgehead atoms. The second-order valence-electron chi connectivity index (χ2n) is 4.43. The average Bonchev–Trinajstić information content (AvgIpc) is 2.82. The first-order valence-electron chi connectivity index (χ1n) is 6.05. The lowest BCUT2D eigenvalue weighted by Gasteiger charge is -2.15. The van der Waals surface area contributed by atoms with Crippen LogP contribution in [-0.4, -0.2) is 17.1 Å². The van der Waals surface area contributed by atoms with Gasteiger partial charge < -0.3 is 10.1 Å². The van der Waals surface area contributed by atoms with Crippen LogP contribution in [0.4, 0.5) is 5.69 Å². The summed E-state index contributed by atoms with van der Waals surface area (Å²) in [4.78, 5) is 8.04. The lowest BCUT2D eigenvalue weighted by atomic mass is 10.1. The van der Waals surface area contributed by atoms with Gasteiger partial charge in [0.25, 0.3) is 0 Å². The molecule has 0 radical (unpaired) electrons. The molecule has 92 valence electrons. The number of rotatable bonds is 3. The fraction of sp³-hybridized carbons (Fsp3) is 0.286. The van der Waals surface area contributed by atoms with Crippen molar-refractivity contribution in [2.45, 2.75) is 18.9 Å². The molecule has 4 nitrogen and oxygen atoms in total. The van der Waals surface area contributed by atoms with Crippen LogP contribution < -0.4 is 10.1 Å². The molecule has 18 heavy (non-hydrogen) atoms. The molecule has 0 aliphatic heterocycles. The molecular weight excluding hydrogens is 226 g/mol. The highest BCUT2D eigenvalue weighted by molar-refractivity contribution is 5.47. The zero-order valence-electron chi connectivity index (χ0n) is 10.3. The van der Waals surface area contributed by atoms with Crippen molar-refractivity contribution in [3.05, 3.63) is 48.0 Å². The van der Waals surface area contributed by atoms with Crippen molar-refractivity contribution in [2.75, 3.05) is 12.4 Å². The van der Waals surface area contributed by atoms with Crippen LogP contribution in [0.25, 0.3) is 0 Å². The van der Waals surface area contributed by atoms with Gasteiger partial charge in [-0.25, -0.2) is 9.97 Å². The SMILES string of the molecule is COc1ccc2c(c1)C(Nc1cncnc1)CC2. The topological polar surface area (TPSA) is 47.0 Å². The summed E-state index contributed by atoms with van der Waals surface area (Å²) in [5.74, 6) is 0.909. The number of nitrogens with one attached hydrogen (secondary N) is 1. The second kappa shape index (κ2) is 4.64. The summed E-state index contributed by atoms with van der Waals surface area (Å²) in [6.45, 7) is 0. The molecular formula is C14H15N3O. The highest BCUT2D eigenvalue weighted by atomic mass is 16.5. The van der Waals surface area contributed by atoms with Crippen LogP contribution in [0, 0.1) is 0 Å². The van der Waals surface area contributed by atoms with E-state index in [4.69, 9.17) is 4.74 Å². The average molecular weight is 241 g/mol. The third kappa shape index (κ3) is 2.01. The zero-order chi connectivity index (χ0) is 12.4. The predicted molar refractivity (Wildman–Crippen MR) is 69.7 cm³/mol. The number of anilines is 1. The first-order valence-corrected chi connectivity index (χ1v) is 6.05. The Balaban J connectivity index is 1.85. The fourth-order valence-electron chi connectivity index (χ4n) is 2.43. The van der Waals surface area contributed by atoms with E-state index in [2.05, 4.69) is 27.4 Å². The Morgan fingerprint density at radius 1 is 1.28 bits per heavy atom. The number of methoxy groups -OCH3 is 1. The van der Waals surface area contributed by atoms with E-state index in [1.165, 1.54) is 17.5 Å². The Hall–Kier alpha value is -2.10. The number of aryl methyl sites for hydroxylation is 1. The number of nitrogens with zero attached hydrogens (tertiary/aromatic N) is 2. The number of fused-ring (bicyclic) bond motifs is 1. The largest absolute Gasteiger partial charge is 0.497 e. The van der Waals surface area contributed by atoms with Gasteiger partial charge in [-0.15, -0.1) is 0 Å². The van der Waals surface area contributed by atoms with Crippen LogP contribution in [0.5, 0.6) is 5.75 Å². The van der Waals surface area contributed by atoms with Gasteiger partial charge in [0.2, 0.25) is 0 Å². The highest BCUT2D eigenvalue weighted by Gasteiger charge is 2.22. The molecule has 1 N–H and O–H groups in total. The van der Waals surface area contributed by atoms with Gasteiger partial charge in [-0.1, -0.05) is 6.07 Å². The molecule has 1 aromatic heterocycles. The molecule has 1 aromatic carbocycles. The quantitative estimate of drug-likeness (QED) is 0.897. The summed E-state index contributed by atoms with van der Waals surface area (Å²) in [6.07, 6.45) is 7.33. The molecule has 1 atom stereocenters. The Kier molecular flexibility index (Phi) is 2.84. The minimum Gasteiger partial charge on any atom is -0.497 e. The monoisotopic (exact) mass is 241 g/mol. The van der Waals surface area contributed by atoms with E-state index in [0.717, 1.165) is 24.3 Å². The smallest absolute Gasteiger partial charge is 0.119 e. The van der Waals surface area contributed by atoms with Gasteiger partial charge in [-0.05, 0) is 36.1 Å². The highest BCUT2D eigenvalue weighted by Crippen LogP contribution is 2.35. The third-order valence-corrected chi connectivity index (χ3v) is 3.33. The van der Waals surface area contributed by atoms with Crippen molar-refractivity contribution in [3.63, 3.8) is 0 Å². The van der Waals surface area contributed by atoms with Gasteiger partial charge in [-0.3, -0.25) is 0 Å². The maximum atomic E-state index is 5.29. The van der Waals surface area contributed by atoms with Crippen molar-refractivity contribution < 1.29 is 4.74 Å². The minimum absolute atomic E-state index is 0.320. The van der Waals surface area contributed by atoms with Crippen LogP contribution in [0.1, 0.15) is 23.6 Å². The van der Waals surface area contributed by atoms with E-state index in [1.54, 1.807) is 19.5 Å². The molecule has 1 heterocycles. The Morgan fingerprint density at radius 2 is 2.11 bits per heavy atom. The molecule has 0 spiro atoms. The number of hydrogen-bond donors (Lipinski definition) is 1. The maximum absolute atomic E-state index is 5.29. The van der Waals surface area contributed by atoms with Crippen LogP contribution in [0.15, 0.2) is 36.9 Å². The standard InChI is InChI=1S/C14H15N3O/c1-18-12-4-2-10-3-5-14(13(10)6-12)17-11-7-15-9-16-8-11/h2,4,6-9,14,17H,3,5H2,1H3. The number of benzene rings is 1. The number of ether oxygens (including phenoxy) is 1. The molecule has 2 aromatic rings. The van der Waals surface area contributed by atoms with Gasteiger partial charge in [0.15, 0.2) is 0 Å². The Labute approximate surface area is 106 Å². The number of hydrogen-bond acceptors (Lipinski definition) is 4. The number of aromatic nitrogens is 2. The van der Waals surface area contributed by atoms with Crippen LogP contribution in [-0.2, 0) is 6.42 Å². The first kappa shape index (κ1) is 11.0. The predicted octanol–water partition coefficient (Wildman–Crippen LogP) is 2.58. The van der Waals surface area contributed by atoms with Crippen molar-refractivity contribution in [1.29, 1.82) is 0 Å².